The van der Waals surface area contributed by atoms with Gasteiger partial charge in [0.15, 0.2) is 0 Å². The number of anilines is 2. The van der Waals surface area contributed by atoms with Crippen molar-refractivity contribution in [2.24, 2.45) is 0 Å². The molecular formula is C27H24ClFN4O. The summed E-state index contributed by atoms with van der Waals surface area (Å²) in [4.78, 5) is 15.6. The summed E-state index contributed by atoms with van der Waals surface area (Å²) in [5, 5.41) is 7.74. The van der Waals surface area contributed by atoms with Gasteiger partial charge < -0.3 is 10.2 Å². The van der Waals surface area contributed by atoms with E-state index in [9.17, 15) is 9.18 Å². The van der Waals surface area contributed by atoms with Crippen LogP contribution < -0.4 is 10.2 Å². The van der Waals surface area contributed by atoms with E-state index in [1.807, 2.05) is 24.3 Å². The maximum absolute atomic E-state index is 13.2. The fourth-order valence-electron chi connectivity index (χ4n) is 4.42. The van der Waals surface area contributed by atoms with Crippen LogP contribution in [0.25, 0.3) is 0 Å². The standard InChI is InChI=1S/C27H24ClFN4O/c1-18-25(26(28)33(31-18)16-19-10-12-22(29)13-11-19)27(34)30-23-8-4-2-7-21(23)17-32-15-14-20-6-3-5-9-24(20)32/h2-13H,14-17H2,1H3,(H,30,34). The van der Waals surface area contributed by atoms with E-state index in [2.05, 4.69) is 39.6 Å². The van der Waals surface area contributed by atoms with Gasteiger partial charge in [-0.3, -0.25) is 4.79 Å². The average Bonchev–Trinajstić information content (AvgIpc) is 3.36. The number of benzene rings is 3. The molecule has 0 spiro atoms. The van der Waals surface area contributed by atoms with Crippen molar-refractivity contribution in [3.05, 3.63) is 112 Å². The van der Waals surface area contributed by atoms with Crippen molar-refractivity contribution in [1.29, 1.82) is 0 Å². The Morgan fingerprint density at radius 2 is 1.76 bits per heavy atom. The van der Waals surface area contributed by atoms with Gasteiger partial charge in [0.05, 0.1) is 17.8 Å². The number of para-hydroxylation sites is 2. The molecular weight excluding hydrogens is 451 g/mol. The van der Waals surface area contributed by atoms with E-state index < -0.39 is 0 Å². The molecule has 2 heterocycles. The van der Waals surface area contributed by atoms with Crippen molar-refractivity contribution < 1.29 is 9.18 Å². The van der Waals surface area contributed by atoms with Crippen molar-refractivity contribution in [2.45, 2.75) is 26.4 Å². The number of nitrogens with zero attached hydrogens (tertiary/aromatic N) is 3. The molecule has 1 aliphatic heterocycles. The van der Waals surface area contributed by atoms with Crippen LogP contribution in [0.5, 0.6) is 0 Å². The number of rotatable bonds is 6. The molecule has 34 heavy (non-hydrogen) atoms. The highest BCUT2D eigenvalue weighted by molar-refractivity contribution is 6.33. The second kappa shape index (κ2) is 9.31. The molecule has 7 heteroatoms. The molecule has 0 bridgehead atoms. The number of fused-ring (bicyclic) bond motifs is 1. The molecule has 5 rings (SSSR count). The van der Waals surface area contributed by atoms with Crippen LogP contribution in [0.2, 0.25) is 5.15 Å². The molecule has 3 aromatic carbocycles. The molecule has 1 amide bonds. The third kappa shape index (κ3) is 4.41. The van der Waals surface area contributed by atoms with Gasteiger partial charge in [0.2, 0.25) is 0 Å². The maximum Gasteiger partial charge on any atom is 0.260 e. The number of carbonyl (C=O) groups excluding carboxylic acids is 1. The Balaban J connectivity index is 1.35. The van der Waals surface area contributed by atoms with Gasteiger partial charge in [0.1, 0.15) is 11.0 Å². The van der Waals surface area contributed by atoms with Gasteiger partial charge in [0, 0.05) is 24.5 Å². The van der Waals surface area contributed by atoms with E-state index in [1.165, 1.54) is 23.4 Å². The molecule has 172 valence electrons. The first kappa shape index (κ1) is 22.2. The quantitative estimate of drug-likeness (QED) is 0.381. The Labute approximate surface area is 202 Å². The average molecular weight is 475 g/mol. The molecule has 4 aromatic rings. The highest BCUT2D eigenvalue weighted by Crippen LogP contribution is 2.31. The lowest BCUT2D eigenvalue weighted by atomic mass is 10.1. The first-order valence-corrected chi connectivity index (χ1v) is 11.6. The largest absolute Gasteiger partial charge is 0.367 e. The third-order valence-corrected chi connectivity index (χ3v) is 6.53. The summed E-state index contributed by atoms with van der Waals surface area (Å²) in [7, 11) is 0. The fourth-order valence-corrected chi connectivity index (χ4v) is 4.74. The van der Waals surface area contributed by atoms with Crippen LogP contribution >= 0.6 is 11.6 Å². The van der Waals surface area contributed by atoms with Gasteiger partial charge in [-0.2, -0.15) is 5.10 Å². The normalized spacial score (nSPS) is 12.6. The van der Waals surface area contributed by atoms with Crippen LogP contribution in [0.4, 0.5) is 15.8 Å². The number of aromatic nitrogens is 2. The highest BCUT2D eigenvalue weighted by Gasteiger charge is 2.23. The van der Waals surface area contributed by atoms with Gasteiger partial charge in [-0.25, -0.2) is 9.07 Å². The van der Waals surface area contributed by atoms with Crippen molar-refractivity contribution in [2.75, 3.05) is 16.8 Å². The summed E-state index contributed by atoms with van der Waals surface area (Å²) in [6.07, 6.45) is 1.02. The first-order chi connectivity index (χ1) is 16.5. The first-order valence-electron chi connectivity index (χ1n) is 11.2. The molecule has 1 aromatic heterocycles. The van der Waals surface area contributed by atoms with Crippen molar-refractivity contribution >= 4 is 28.9 Å². The van der Waals surface area contributed by atoms with Gasteiger partial charge in [-0.05, 0) is 54.3 Å². The third-order valence-electron chi connectivity index (χ3n) is 6.15. The molecule has 0 fully saturated rings. The number of hydrogen-bond donors (Lipinski definition) is 1. The number of amides is 1. The minimum absolute atomic E-state index is 0.255. The Hall–Kier alpha value is -3.64. The van der Waals surface area contributed by atoms with Gasteiger partial charge >= 0.3 is 0 Å². The Morgan fingerprint density at radius 1 is 1.03 bits per heavy atom. The molecule has 0 atom stereocenters. The van der Waals surface area contributed by atoms with E-state index in [1.54, 1.807) is 23.7 Å². The number of aryl methyl sites for hydroxylation is 1. The number of halogens is 2. The fraction of sp³-hybridized carbons (Fsp3) is 0.185. The van der Waals surface area contributed by atoms with E-state index in [0.717, 1.165) is 29.8 Å². The molecule has 0 aliphatic carbocycles. The number of nitrogens with one attached hydrogen (secondary N) is 1. The van der Waals surface area contributed by atoms with Crippen LogP contribution in [0.3, 0.4) is 0 Å². The Bertz CT molecular complexity index is 1350. The number of carbonyl (C=O) groups is 1. The monoisotopic (exact) mass is 474 g/mol. The summed E-state index contributed by atoms with van der Waals surface area (Å²) in [6, 6.07) is 22.4. The number of hydrogen-bond acceptors (Lipinski definition) is 3. The van der Waals surface area contributed by atoms with Crippen LogP contribution in [0.1, 0.15) is 32.7 Å². The predicted molar refractivity (Wildman–Crippen MR) is 133 cm³/mol. The van der Waals surface area contributed by atoms with Crippen LogP contribution in [0, 0.1) is 12.7 Å². The van der Waals surface area contributed by atoms with Gasteiger partial charge in [-0.15, -0.1) is 0 Å². The summed E-state index contributed by atoms with van der Waals surface area (Å²) < 4.78 is 14.8. The minimum Gasteiger partial charge on any atom is -0.367 e. The molecule has 0 saturated heterocycles. The van der Waals surface area contributed by atoms with E-state index >= 15 is 0 Å². The summed E-state index contributed by atoms with van der Waals surface area (Å²) in [5.41, 5.74) is 6.08. The predicted octanol–water partition coefficient (Wildman–Crippen LogP) is 5.85. The lowest BCUT2D eigenvalue weighted by Gasteiger charge is -2.21. The van der Waals surface area contributed by atoms with Crippen LogP contribution in [-0.2, 0) is 19.5 Å². The van der Waals surface area contributed by atoms with E-state index in [-0.39, 0.29) is 16.9 Å². The molecule has 0 saturated carbocycles. The van der Waals surface area contributed by atoms with Crippen molar-refractivity contribution in [3.63, 3.8) is 0 Å². The zero-order valence-corrected chi connectivity index (χ0v) is 19.5. The topological polar surface area (TPSA) is 50.2 Å². The Morgan fingerprint density at radius 3 is 2.59 bits per heavy atom. The SMILES string of the molecule is Cc1nn(Cc2ccc(F)cc2)c(Cl)c1C(=O)Nc1ccccc1CN1CCc2ccccc21. The second-order valence-corrected chi connectivity index (χ2v) is 8.80. The minimum atomic E-state index is -0.304. The van der Waals surface area contributed by atoms with E-state index in [0.29, 0.717) is 24.3 Å². The maximum atomic E-state index is 13.2. The highest BCUT2D eigenvalue weighted by atomic mass is 35.5. The zero-order valence-electron chi connectivity index (χ0n) is 18.8. The zero-order chi connectivity index (χ0) is 23.7. The van der Waals surface area contributed by atoms with E-state index in [4.69, 9.17) is 11.6 Å². The van der Waals surface area contributed by atoms with Crippen molar-refractivity contribution in [3.8, 4) is 0 Å². The van der Waals surface area contributed by atoms with Crippen LogP contribution in [-0.4, -0.2) is 22.2 Å². The Kier molecular flexibility index (Phi) is 6.07. The summed E-state index contributed by atoms with van der Waals surface area (Å²) in [5.74, 6) is -0.607. The molecule has 0 radical (unpaired) electrons. The molecule has 0 unspecified atom stereocenters. The smallest absolute Gasteiger partial charge is 0.260 e. The second-order valence-electron chi connectivity index (χ2n) is 8.45. The van der Waals surface area contributed by atoms with Crippen molar-refractivity contribution in [1.82, 2.24) is 9.78 Å². The van der Waals surface area contributed by atoms with Gasteiger partial charge in [-0.1, -0.05) is 60.1 Å². The van der Waals surface area contributed by atoms with Gasteiger partial charge in [0.25, 0.3) is 5.91 Å². The molecule has 1 N–H and O–H groups in total. The lowest BCUT2D eigenvalue weighted by Crippen LogP contribution is -2.21. The lowest BCUT2D eigenvalue weighted by molar-refractivity contribution is 0.102. The summed E-state index contributed by atoms with van der Waals surface area (Å²) in [6.45, 7) is 3.75. The summed E-state index contributed by atoms with van der Waals surface area (Å²) >= 11 is 6.56. The molecule has 5 nitrogen and oxygen atoms in total. The molecule has 1 aliphatic rings. The van der Waals surface area contributed by atoms with Crippen LogP contribution in [0.15, 0.2) is 72.8 Å².